The lowest BCUT2D eigenvalue weighted by molar-refractivity contribution is -0.189. The number of benzene rings is 2. The molecule has 170 valence electrons. The van der Waals surface area contributed by atoms with E-state index in [4.69, 9.17) is 14.3 Å². The molecule has 3 atom stereocenters. The number of hydrogen-bond donors (Lipinski definition) is 3. The maximum Gasteiger partial charge on any atom is 0.326 e. The van der Waals surface area contributed by atoms with E-state index >= 15 is 0 Å². The van der Waals surface area contributed by atoms with E-state index < -0.39 is 36.0 Å². The van der Waals surface area contributed by atoms with Crippen LogP contribution in [0, 0.1) is 0 Å². The van der Waals surface area contributed by atoms with Gasteiger partial charge in [-0.3, -0.25) is 14.4 Å². The summed E-state index contributed by atoms with van der Waals surface area (Å²) in [5.74, 6) is -2.63. The summed E-state index contributed by atoms with van der Waals surface area (Å²) in [7, 11) is 1.32. The van der Waals surface area contributed by atoms with Crippen LogP contribution in [0.1, 0.15) is 11.1 Å². The number of amides is 2. The topological polar surface area (TPSA) is 135 Å². The number of hydroxylamine groups is 2. The standard InChI is InChI=1S/C22H24N2O8/c1-30-24(12-15-5-3-2-4-6-15)21(27)19-18(31-13-32-19)20(26)23-17(22(28)29)11-14-7-9-16(25)10-8-14/h2-10,17-19,25H,11-13H2,1H3,(H,23,26)(H,28,29)/t17?,18-,19-/m1/s1. The highest BCUT2D eigenvalue weighted by Gasteiger charge is 2.43. The van der Waals surface area contributed by atoms with Crippen LogP contribution in [0.2, 0.25) is 0 Å². The van der Waals surface area contributed by atoms with Gasteiger partial charge in [-0.15, -0.1) is 0 Å². The molecular formula is C22H24N2O8. The Labute approximate surface area is 184 Å². The number of nitrogens with one attached hydrogen (secondary N) is 1. The molecule has 1 fully saturated rings. The van der Waals surface area contributed by atoms with Crippen molar-refractivity contribution in [2.45, 2.75) is 31.2 Å². The Morgan fingerprint density at radius 2 is 1.72 bits per heavy atom. The van der Waals surface area contributed by atoms with Gasteiger partial charge in [-0.1, -0.05) is 42.5 Å². The van der Waals surface area contributed by atoms with Crippen molar-refractivity contribution < 1.29 is 38.9 Å². The van der Waals surface area contributed by atoms with Crippen LogP contribution in [0.5, 0.6) is 5.75 Å². The van der Waals surface area contributed by atoms with E-state index in [1.165, 1.54) is 19.2 Å². The molecule has 1 saturated heterocycles. The molecule has 0 aromatic heterocycles. The first kappa shape index (κ1) is 23.2. The Morgan fingerprint density at radius 1 is 1.06 bits per heavy atom. The quantitative estimate of drug-likeness (QED) is 0.484. The number of aromatic hydroxyl groups is 1. The highest BCUT2D eigenvalue weighted by molar-refractivity contribution is 5.93. The van der Waals surface area contributed by atoms with Crippen LogP contribution in [0.4, 0.5) is 0 Å². The van der Waals surface area contributed by atoms with Gasteiger partial charge in [0.2, 0.25) is 0 Å². The van der Waals surface area contributed by atoms with Crippen LogP contribution in [0.25, 0.3) is 0 Å². The molecule has 2 aromatic rings. The zero-order valence-corrected chi connectivity index (χ0v) is 17.3. The van der Waals surface area contributed by atoms with Crippen molar-refractivity contribution in [3.63, 3.8) is 0 Å². The van der Waals surface area contributed by atoms with Gasteiger partial charge in [-0.25, -0.2) is 9.86 Å². The number of aliphatic carboxylic acids is 1. The first-order valence-electron chi connectivity index (χ1n) is 9.82. The highest BCUT2D eigenvalue weighted by Crippen LogP contribution is 2.19. The smallest absolute Gasteiger partial charge is 0.326 e. The van der Waals surface area contributed by atoms with Gasteiger partial charge in [0.05, 0.1) is 13.7 Å². The zero-order chi connectivity index (χ0) is 23.1. The molecule has 32 heavy (non-hydrogen) atoms. The second-order valence-corrected chi connectivity index (χ2v) is 7.11. The summed E-state index contributed by atoms with van der Waals surface area (Å²) in [6.45, 7) is -0.171. The van der Waals surface area contributed by atoms with Crippen molar-refractivity contribution >= 4 is 17.8 Å². The fraction of sp³-hybridized carbons (Fsp3) is 0.318. The molecule has 0 aliphatic carbocycles. The molecule has 3 N–H and O–H groups in total. The molecule has 10 nitrogen and oxygen atoms in total. The molecule has 0 bridgehead atoms. The number of ether oxygens (including phenoxy) is 2. The Bertz CT molecular complexity index is 935. The average Bonchev–Trinajstić information content (AvgIpc) is 3.28. The van der Waals surface area contributed by atoms with E-state index in [0.29, 0.717) is 5.56 Å². The Balaban J connectivity index is 1.66. The van der Waals surface area contributed by atoms with E-state index in [1.807, 2.05) is 30.3 Å². The molecule has 3 rings (SSSR count). The Hall–Kier alpha value is -3.47. The molecule has 10 heteroatoms. The van der Waals surface area contributed by atoms with E-state index in [0.717, 1.165) is 10.6 Å². The monoisotopic (exact) mass is 444 g/mol. The minimum atomic E-state index is -1.34. The minimum Gasteiger partial charge on any atom is -0.508 e. The third-order valence-electron chi connectivity index (χ3n) is 4.90. The maximum absolute atomic E-state index is 12.9. The second-order valence-electron chi connectivity index (χ2n) is 7.11. The first-order valence-corrected chi connectivity index (χ1v) is 9.82. The molecule has 2 aromatic carbocycles. The van der Waals surface area contributed by atoms with E-state index in [2.05, 4.69) is 5.32 Å². The van der Waals surface area contributed by atoms with Gasteiger partial charge < -0.3 is 25.0 Å². The van der Waals surface area contributed by atoms with Crippen molar-refractivity contribution in [2.24, 2.45) is 0 Å². The molecular weight excluding hydrogens is 420 g/mol. The van der Waals surface area contributed by atoms with Crippen molar-refractivity contribution in [1.29, 1.82) is 0 Å². The van der Waals surface area contributed by atoms with Gasteiger partial charge in [0, 0.05) is 6.42 Å². The van der Waals surface area contributed by atoms with Gasteiger partial charge in [0.15, 0.2) is 12.2 Å². The highest BCUT2D eigenvalue weighted by atomic mass is 16.7. The fourth-order valence-corrected chi connectivity index (χ4v) is 3.22. The number of nitrogens with zero attached hydrogens (tertiary/aromatic N) is 1. The van der Waals surface area contributed by atoms with Crippen LogP contribution in [0.3, 0.4) is 0 Å². The summed E-state index contributed by atoms with van der Waals surface area (Å²) >= 11 is 0. The van der Waals surface area contributed by atoms with Gasteiger partial charge in [0.25, 0.3) is 11.8 Å². The largest absolute Gasteiger partial charge is 0.508 e. The van der Waals surface area contributed by atoms with Gasteiger partial charge >= 0.3 is 5.97 Å². The van der Waals surface area contributed by atoms with Crippen molar-refractivity contribution in [1.82, 2.24) is 10.4 Å². The van der Waals surface area contributed by atoms with E-state index in [1.54, 1.807) is 12.1 Å². The number of hydrogen-bond acceptors (Lipinski definition) is 7. The number of phenols is 1. The van der Waals surface area contributed by atoms with Crippen LogP contribution >= 0.6 is 0 Å². The number of carbonyl (C=O) groups is 3. The summed E-state index contributed by atoms with van der Waals surface area (Å²) < 4.78 is 10.6. The molecule has 1 aliphatic rings. The van der Waals surface area contributed by atoms with Crippen LogP contribution in [0.15, 0.2) is 54.6 Å². The molecule has 0 radical (unpaired) electrons. The second kappa shape index (κ2) is 10.7. The number of rotatable bonds is 9. The van der Waals surface area contributed by atoms with Crippen LogP contribution in [-0.4, -0.2) is 65.2 Å². The van der Waals surface area contributed by atoms with E-state index in [-0.39, 0.29) is 25.5 Å². The molecule has 1 heterocycles. The van der Waals surface area contributed by atoms with Gasteiger partial charge in [-0.05, 0) is 23.3 Å². The van der Waals surface area contributed by atoms with E-state index in [9.17, 15) is 24.6 Å². The molecule has 1 aliphatic heterocycles. The summed E-state index contributed by atoms with van der Waals surface area (Å²) in [6.07, 6.45) is -2.65. The summed E-state index contributed by atoms with van der Waals surface area (Å²) in [4.78, 5) is 42.5. The summed E-state index contributed by atoms with van der Waals surface area (Å²) in [6, 6.07) is 13.8. The zero-order valence-electron chi connectivity index (χ0n) is 17.3. The lowest BCUT2D eigenvalue weighted by atomic mass is 10.0. The molecule has 0 saturated carbocycles. The molecule has 1 unspecified atom stereocenters. The minimum absolute atomic E-state index is 0.0221. The number of carbonyl (C=O) groups excluding carboxylic acids is 2. The average molecular weight is 444 g/mol. The van der Waals surface area contributed by atoms with Crippen molar-refractivity contribution in [3.05, 3.63) is 65.7 Å². The predicted octanol–water partition coefficient (Wildman–Crippen LogP) is 0.836. The third kappa shape index (κ3) is 5.82. The Kier molecular flexibility index (Phi) is 7.77. The number of carboxylic acid groups (broad SMARTS) is 1. The number of phenolic OH excluding ortho intramolecular Hbond substituents is 1. The fourth-order valence-electron chi connectivity index (χ4n) is 3.22. The Morgan fingerprint density at radius 3 is 2.34 bits per heavy atom. The normalized spacial score (nSPS) is 18.7. The SMILES string of the molecule is CON(Cc1ccccc1)C(=O)[C@@H]1OCO[C@H]1C(=O)NC(Cc1ccc(O)cc1)C(=O)O. The van der Waals surface area contributed by atoms with Gasteiger partial charge in [-0.2, -0.15) is 0 Å². The lowest BCUT2D eigenvalue weighted by Crippen LogP contribution is -2.52. The third-order valence-corrected chi connectivity index (χ3v) is 4.90. The van der Waals surface area contributed by atoms with Crippen LogP contribution < -0.4 is 5.32 Å². The van der Waals surface area contributed by atoms with Crippen molar-refractivity contribution in [3.8, 4) is 5.75 Å². The first-order chi connectivity index (χ1) is 15.4. The number of carboxylic acids is 1. The molecule has 2 amide bonds. The summed E-state index contributed by atoms with van der Waals surface area (Å²) in [5.41, 5.74) is 1.41. The predicted molar refractivity (Wildman–Crippen MR) is 110 cm³/mol. The maximum atomic E-state index is 12.9. The van der Waals surface area contributed by atoms with Crippen LogP contribution in [-0.2, 0) is 41.7 Å². The lowest BCUT2D eigenvalue weighted by Gasteiger charge is -2.25. The summed E-state index contributed by atoms with van der Waals surface area (Å²) in [5, 5.41) is 22.3. The van der Waals surface area contributed by atoms with Gasteiger partial charge in [0.1, 0.15) is 18.6 Å². The molecule has 0 spiro atoms. The van der Waals surface area contributed by atoms with Crippen molar-refractivity contribution in [2.75, 3.05) is 13.9 Å².